The molecule has 0 atom stereocenters. The number of pyridine rings is 1. The van der Waals surface area contributed by atoms with Gasteiger partial charge in [0, 0.05) is 30.0 Å². The minimum atomic E-state index is -0.986. The van der Waals surface area contributed by atoms with Crippen molar-refractivity contribution in [1.82, 2.24) is 9.88 Å². The fourth-order valence-corrected chi connectivity index (χ4v) is 1.01. The predicted molar refractivity (Wildman–Crippen MR) is 48.7 cm³/mol. The summed E-state index contributed by atoms with van der Waals surface area (Å²) in [4.78, 5) is 15.5. The molecule has 13 heavy (non-hydrogen) atoms. The van der Waals surface area contributed by atoms with Gasteiger partial charge >= 0.3 is 6.09 Å². The second-order valence-electron chi connectivity index (χ2n) is 2.61. The van der Waals surface area contributed by atoms with Gasteiger partial charge in [0.15, 0.2) is 0 Å². The second kappa shape index (κ2) is 4.09. The average molecular weight is 201 g/mol. The lowest BCUT2D eigenvalue weighted by Crippen LogP contribution is -2.24. The van der Waals surface area contributed by atoms with Crippen LogP contribution in [0.25, 0.3) is 0 Å². The van der Waals surface area contributed by atoms with Crippen molar-refractivity contribution in [3.63, 3.8) is 0 Å². The van der Waals surface area contributed by atoms with E-state index in [1.165, 1.54) is 7.05 Å². The van der Waals surface area contributed by atoms with E-state index >= 15 is 0 Å². The normalized spacial score (nSPS) is 9.69. The van der Waals surface area contributed by atoms with E-state index in [4.69, 9.17) is 16.7 Å². The van der Waals surface area contributed by atoms with Gasteiger partial charge in [-0.05, 0) is 6.07 Å². The first kappa shape index (κ1) is 9.80. The molecule has 1 aromatic rings. The van der Waals surface area contributed by atoms with E-state index in [9.17, 15) is 4.79 Å². The van der Waals surface area contributed by atoms with Crippen LogP contribution in [-0.4, -0.2) is 28.1 Å². The zero-order valence-electron chi connectivity index (χ0n) is 7.07. The van der Waals surface area contributed by atoms with Gasteiger partial charge in [-0.1, -0.05) is 11.6 Å². The molecular formula is C8H9ClN2O2. The van der Waals surface area contributed by atoms with E-state index in [2.05, 4.69) is 4.98 Å². The van der Waals surface area contributed by atoms with Gasteiger partial charge in [-0.3, -0.25) is 4.98 Å². The van der Waals surface area contributed by atoms with Crippen molar-refractivity contribution in [1.29, 1.82) is 0 Å². The van der Waals surface area contributed by atoms with Crippen molar-refractivity contribution in [2.45, 2.75) is 6.54 Å². The molecule has 0 unspecified atom stereocenters. The van der Waals surface area contributed by atoms with Crippen LogP contribution in [0.2, 0.25) is 5.02 Å². The molecule has 1 N–H and O–H groups in total. The summed E-state index contributed by atoms with van der Waals surface area (Å²) < 4.78 is 0. The van der Waals surface area contributed by atoms with Crippen LogP contribution >= 0.6 is 11.6 Å². The van der Waals surface area contributed by atoms with Crippen LogP contribution in [0.4, 0.5) is 4.79 Å². The highest BCUT2D eigenvalue weighted by Crippen LogP contribution is 2.14. The lowest BCUT2D eigenvalue weighted by Gasteiger charge is -2.12. The van der Waals surface area contributed by atoms with E-state index in [0.29, 0.717) is 10.6 Å². The first-order chi connectivity index (χ1) is 6.11. The van der Waals surface area contributed by atoms with Gasteiger partial charge in [0.25, 0.3) is 0 Å². The van der Waals surface area contributed by atoms with Crippen molar-refractivity contribution in [3.8, 4) is 0 Å². The Bertz CT molecular complexity index is 317. The van der Waals surface area contributed by atoms with Gasteiger partial charge < -0.3 is 10.0 Å². The van der Waals surface area contributed by atoms with E-state index < -0.39 is 6.09 Å². The average Bonchev–Trinajstić information content (AvgIpc) is 2.08. The summed E-state index contributed by atoms with van der Waals surface area (Å²) >= 11 is 5.81. The molecule has 1 rings (SSSR count). The maximum absolute atomic E-state index is 10.5. The minimum absolute atomic E-state index is 0.252. The first-order valence-electron chi connectivity index (χ1n) is 3.63. The Morgan fingerprint density at radius 3 is 3.00 bits per heavy atom. The molecule has 5 heteroatoms. The molecule has 0 bridgehead atoms. The number of hydrogen-bond donors (Lipinski definition) is 1. The Morgan fingerprint density at radius 1 is 1.77 bits per heavy atom. The highest BCUT2D eigenvalue weighted by molar-refractivity contribution is 6.31. The molecule has 0 spiro atoms. The Hall–Kier alpha value is -1.29. The highest BCUT2D eigenvalue weighted by atomic mass is 35.5. The van der Waals surface area contributed by atoms with Crippen LogP contribution in [0.1, 0.15) is 5.56 Å². The molecule has 4 nitrogen and oxygen atoms in total. The molecule has 0 radical (unpaired) electrons. The highest BCUT2D eigenvalue weighted by Gasteiger charge is 2.08. The molecule has 1 aromatic heterocycles. The minimum Gasteiger partial charge on any atom is -0.465 e. The first-order valence-corrected chi connectivity index (χ1v) is 4.01. The summed E-state index contributed by atoms with van der Waals surface area (Å²) in [7, 11) is 1.48. The van der Waals surface area contributed by atoms with Crippen LogP contribution in [0.15, 0.2) is 18.5 Å². The summed E-state index contributed by atoms with van der Waals surface area (Å²) in [5.74, 6) is 0. The molecule has 70 valence electrons. The lowest BCUT2D eigenvalue weighted by molar-refractivity contribution is 0.153. The maximum atomic E-state index is 10.5. The molecule has 0 saturated carbocycles. The summed E-state index contributed by atoms with van der Waals surface area (Å²) in [5.41, 5.74) is 0.703. The smallest absolute Gasteiger partial charge is 0.407 e. The van der Waals surface area contributed by atoms with E-state index in [0.717, 1.165) is 4.90 Å². The topological polar surface area (TPSA) is 53.4 Å². The number of amides is 1. The Balaban J connectivity index is 2.74. The monoisotopic (exact) mass is 200 g/mol. The third kappa shape index (κ3) is 2.59. The van der Waals surface area contributed by atoms with Gasteiger partial charge in [-0.2, -0.15) is 0 Å². The van der Waals surface area contributed by atoms with Crippen LogP contribution in [0.5, 0.6) is 0 Å². The number of carbonyl (C=O) groups is 1. The van der Waals surface area contributed by atoms with Gasteiger partial charge in [-0.25, -0.2) is 4.79 Å². The summed E-state index contributed by atoms with van der Waals surface area (Å²) in [5, 5.41) is 9.13. The Labute approximate surface area is 80.8 Å². The number of halogens is 1. The van der Waals surface area contributed by atoms with Crippen molar-refractivity contribution < 1.29 is 9.90 Å². The zero-order chi connectivity index (χ0) is 9.84. The van der Waals surface area contributed by atoms with Gasteiger partial charge in [0.2, 0.25) is 0 Å². The second-order valence-corrected chi connectivity index (χ2v) is 3.01. The number of nitrogens with zero attached hydrogens (tertiary/aromatic N) is 2. The largest absolute Gasteiger partial charge is 0.465 e. The third-order valence-corrected chi connectivity index (χ3v) is 1.95. The molecule has 0 saturated heterocycles. The lowest BCUT2D eigenvalue weighted by atomic mass is 10.3. The van der Waals surface area contributed by atoms with Crippen LogP contribution in [-0.2, 0) is 6.54 Å². The van der Waals surface area contributed by atoms with Gasteiger partial charge in [0.05, 0.1) is 6.54 Å². The number of carboxylic acid groups (broad SMARTS) is 1. The number of rotatable bonds is 2. The fourth-order valence-electron chi connectivity index (χ4n) is 0.850. The summed E-state index contributed by atoms with van der Waals surface area (Å²) in [6.07, 6.45) is 2.13. The summed E-state index contributed by atoms with van der Waals surface area (Å²) in [6.45, 7) is 0.252. The SMILES string of the molecule is CN(Cc1cnccc1Cl)C(=O)O. The van der Waals surface area contributed by atoms with E-state index in [1.807, 2.05) is 0 Å². The molecule has 1 heterocycles. The quantitative estimate of drug-likeness (QED) is 0.793. The molecule has 0 fully saturated rings. The van der Waals surface area contributed by atoms with Gasteiger partial charge in [0.1, 0.15) is 0 Å². The van der Waals surface area contributed by atoms with Crippen LogP contribution < -0.4 is 0 Å². The van der Waals surface area contributed by atoms with Crippen molar-refractivity contribution >= 4 is 17.7 Å². The Morgan fingerprint density at radius 2 is 2.46 bits per heavy atom. The van der Waals surface area contributed by atoms with Crippen molar-refractivity contribution in [2.24, 2.45) is 0 Å². The molecular weight excluding hydrogens is 192 g/mol. The number of aromatic nitrogens is 1. The zero-order valence-corrected chi connectivity index (χ0v) is 7.82. The molecule has 0 aliphatic heterocycles. The van der Waals surface area contributed by atoms with Crippen molar-refractivity contribution in [3.05, 3.63) is 29.0 Å². The molecule has 0 aromatic carbocycles. The predicted octanol–water partition coefficient (Wildman–Crippen LogP) is 1.84. The standard InChI is InChI=1S/C8H9ClN2O2/c1-11(8(12)13)5-6-4-10-3-2-7(6)9/h2-4H,5H2,1H3,(H,12,13). The molecule has 0 aliphatic rings. The molecule has 0 aliphatic carbocycles. The Kier molecular flexibility index (Phi) is 3.08. The van der Waals surface area contributed by atoms with Crippen LogP contribution in [0.3, 0.4) is 0 Å². The third-order valence-electron chi connectivity index (χ3n) is 1.58. The fraction of sp³-hybridized carbons (Fsp3) is 0.250. The summed E-state index contributed by atoms with van der Waals surface area (Å²) in [6, 6.07) is 1.63. The van der Waals surface area contributed by atoms with Crippen molar-refractivity contribution in [2.75, 3.05) is 7.05 Å². The van der Waals surface area contributed by atoms with Crippen LogP contribution in [0, 0.1) is 0 Å². The maximum Gasteiger partial charge on any atom is 0.407 e. The van der Waals surface area contributed by atoms with Gasteiger partial charge in [-0.15, -0.1) is 0 Å². The van der Waals surface area contributed by atoms with E-state index in [1.54, 1.807) is 18.5 Å². The van der Waals surface area contributed by atoms with E-state index in [-0.39, 0.29) is 6.54 Å². The number of hydrogen-bond acceptors (Lipinski definition) is 2. The molecule has 1 amide bonds.